The van der Waals surface area contributed by atoms with Gasteiger partial charge in [-0.1, -0.05) is 50.4 Å². The molecule has 24 heavy (non-hydrogen) atoms. The molecule has 2 aromatic carbocycles. The fraction of sp³-hybridized carbons (Fsp3) is 0.278. The zero-order chi connectivity index (χ0) is 17.4. The Balaban J connectivity index is 2.10. The molecule has 0 saturated heterocycles. The van der Waals surface area contributed by atoms with Crippen molar-refractivity contribution in [1.29, 1.82) is 0 Å². The van der Waals surface area contributed by atoms with Gasteiger partial charge in [0.1, 0.15) is 11.5 Å². The van der Waals surface area contributed by atoms with E-state index >= 15 is 0 Å². The van der Waals surface area contributed by atoms with Crippen molar-refractivity contribution in [2.45, 2.75) is 32.5 Å². The Bertz CT molecular complexity index is 652. The van der Waals surface area contributed by atoms with Crippen LogP contribution in [-0.2, 0) is 0 Å². The highest BCUT2D eigenvalue weighted by atomic mass is 32.1. The van der Waals surface area contributed by atoms with Crippen molar-refractivity contribution in [3.05, 3.63) is 54.6 Å². The molecule has 0 aliphatic carbocycles. The van der Waals surface area contributed by atoms with Crippen molar-refractivity contribution in [2.24, 2.45) is 5.73 Å². The summed E-state index contributed by atoms with van der Waals surface area (Å²) in [5, 5.41) is 0. The molecule has 128 valence electrons. The lowest BCUT2D eigenvalue weighted by atomic mass is 10.2. The van der Waals surface area contributed by atoms with Crippen LogP contribution in [0.3, 0.4) is 0 Å². The van der Waals surface area contributed by atoms with Crippen molar-refractivity contribution in [1.82, 2.24) is 0 Å². The van der Waals surface area contributed by atoms with E-state index in [4.69, 9.17) is 15.2 Å². The molecule has 0 fully saturated rings. The van der Waals surface area contributed by atoms with E-state index in [1.54, 1.807) is 24.3 Å². The molecule has 5 nitrogen and oxygen atoms in total. The minimum Gasteiger partial charge on any atom is -0.455 e. The molecule has 2 N–H and O–H groups in total. The van der Waals surface area contributed by atoms with Crippen LogP contribution in [0.25, 0.3) is 0 Å². The summed E-state index contributed by atoms with van der Waals surface area (Å²) in [6.45, 7) is 2.12. The number of nitrogens with zero attached hydrogens (tertiary/aromatic N) is 1. The van der Waals surface area contributed by atoms with Gasteiger partial charge in [0.25, 0.3) is 0 Å². The minimum atomic E-state index is -0.654. The maximum Gasteiger partial charge on any atom is 0.329 e. The highest BCUT2D eigenvalue weighted by Gasteiger charge is 2.14. The van der Waals surface area contributed by atoms with Crippen LogP contribution in [0.2, 0.25) is 0 Å². The van der Waals surface area contributed by atoms with Crippen molar-refractivity contribution < 1.29 is 14.3 Å². The third-order valence-corrected chi connectivity index (χ3v) is 3.77. The number of urea groups is 1. The maximum absolute atomic E-state index is 11.2. The predicted octanol–water partition coefficient (Wildman–Crippen LogP) is 4.39. The van der Waals surface area contributed by atoms with Gasteiger partial charge in [0, 0.05) is 12.5 Å². The van der Waals surface area contributed by atoms with Crippen LogP contribution in [0, 0.1) is 0 Å². The van der Waals surface area contributed by atoms with E-state index in [9.17, 15) is 4.79 Å². The molecule has 0 spiro atoms. The van der Waals surface area contributed by atoms with Crippen LogP contribution >= 0.6 is 12.8 Å². The topological polar surface area (TPSA) is 64.8 Å². The maximum atomic E-state index is 11.2. The minimum absolute atomic E-state index is 0.412. The Morgan fingerprint density at radius 1 is 1.12 bits per heavy atom. The molecule has 6 heteroatoms. The van der Waals surface area contributed by atoms with Gasteiger partial charge in [0.05, 0.1) is 5.69 Å². The largest absolute Gasteiger partial charge is 0.455 e. The number of unbranched alkanes of at least 4 members (excludes halogenated alkanes) is 1. The second-order valence-corrected chi connectivity index (χ2v) is 5.67. The average molecular weight is 346 g/mol. The molecule has 2 rings (SSSR count). The number of carbonyl (C=O) groups excluding carboxylic acids is 1. The number of benzene rings is 2. The SMILES string of the molecule is CCCCC(Oc1ccccc1)Oc1cccc(N(S)C(N)=O)c1. The second kappa shape index (κ2) is 9.08. The number of anilines is 1. The Kier molecular flexibility index (Phi) is 6.81. The monoisotopic (exact) mass is 346 g/mol. The number of rotatable bonds is 8. The average Bonchev–Trinajstić information content (AvgIpc) is 2.60. The van der Waals surface area contributed by atoms with E-state index in [2.05, 4.69) is 19.7 Å². The van der Waals surface area contributed by atoms with Crippen LogP contribution in [-0.4, -0.2) is 12.3 Å². The number of hydrogen-bond acceptors (Lipinski definition) is 4. The third-order valence-electron chi connectivity index (χ3n) is 3.34. The lowest BCUT2D eigenvalue weighted by Gasteiger charge is -2.21. The van der Waals surface area contributed by atoms with Crippen LogP contribution in [0.1, 0.15) is 26.2 Å². The summed E-state index contributed by atoms with van der Waals surface area (Å²) in [6, 6.07) is 15.9. The molecule has 2 amide bonds. The number of carbonyl (C=O) groups is 1. The first-order valence-electron chi connectivity index (χ1n) is 7.87. The molecule has 0 radical (unpaired) electrons. The summed E-state index contributed by atoms with van der Waals surface area (Å²) in [5.74, 6) is 1.34. The molecular weight excluding hydrogens is 324 g/mol. The van der Waals surface area contributed by atoms with E-state index in [-0.39, 0.29) is 0 Å². The van der Waals surface area contributed by atoms with Gasteiger partial charge in [0.15, 0.2) is 0 Å². The summed E-state index contributed by atoms with van der Waals surface area (Å²) in [6.07, 6.45) is 2.38. The Morgan fingerprint density at radius 3 is 2.46 bits per heavy atom. The van der Waals surface area contributed by atoms with Crippen LogP contribution in [0.15, 0.2) is 54.6 Å². The highest BCUT2D eigenvalue weighted by Crippen LogP contribution is 2.25. The normalized spacial score (nSPS) is 11.6. The second-order valence-electron chi connectivity index (χ2n) is 5.27. The molecule has 0 bridgehead atoms. The molecule has 1 atom stereocenters. The lowest BCUT2D eigenvalue weighted by Crippen LogP contribution is -2.27. The standard InChI is InChI=1S/C18H22N2O3S/c1-2-3-12-17(22-15-9-5-4-6-10-15)23-16-11-7-8-14(13-16)20(24)18(19)21/h4-11,13,17,24H,2-3,12H2,1H3,(H2,19,21). The highest BCUT2D eigenvalue weighted by molar-refractivity contribution is 7.82. The molecule has 1 unspecified atom stereocenters. The predicted molar refractivity (Wildman–Crippen MR) is 98.5 cm³/mol. The zero-order valence-corrected chi connectivity index (χ0v) is 14.5. The number of thiol groups is 1. The van der Waals surface area contributed by atoms with Gasteiger partial charge in [-0.25, -0.2) is 9.10 Å². The van der Waals surface area contributed by atoms with Gasteiger partial charge in [-0.05, 0) is 30.7 Å². The van der Waals surface area contributed by atoms with Gasteiger partial charge in [0.2, 0.25) is 6.29 Å². The first kappa shape index (κ1) is 18.0. The number of nitrogens with two attached hydrogens (primary N) is 1. The Hall–Kier alpha value is -2.34. The van der Waals surface area contributed by atoms with E-state index < -0.39 is 12.3 Å². The smallest absolute Gasteiger partial charge is 0.329 e. The number of hydrogen-bond donors (Lipinski definition) is 2. The number of amides is 2. The number of ether oxygens (including phenoxy) is 2. The van der Waals surface area contributed by atoms with Gasteiger partial charge in [-0.15, -0.1) is 0 Å². The fourth-order valence-corrected chi connectivity index (χ4v) is 2.26. The summed E-state index contributed by atoms with van der Waals surface area (Å²) in [5.41, 5.74) is 5.77. The third kappa shape index (κ3) is 5.38. The quantitative estimate of drug-likeness (QED) is 0.550. The van der Waals surface area contributed by atoms with Crippen molar-refractivity contribution >= 4 is 24.5 Å². The van der Waals surface area contributed by atoms with Crippen LogP contribution < -0.4 is 19.5 Å². The van der Waals surface area contributed by atoms with Gasteiger partial charge >= 0.3 is 6.03 Å². The van der Waals surface area contributed by atoms with Crippen molar-refractivity contribution in [3.8, 4) is 11.5 Å². The molecule has 0 aromatic heterocycles. The van der Waals surface area contributed by atoms with Gasteiger partial charge in [-0.2, -0.15) is 0 Å². The summed E-state index contributed by atoms with van der Waals surface area (Å²) in [7, 11) is 0. The van der Waals surface area contributed by atoms with Gasteiger partial charge in [-0.3, -0.25) is 0 Å². The van der Waals surface area contributed by atoms with Crippen LogP contribution in [0.4, 0.5) is 10.5 Å². The number of primary amides is 1. The summed E-state index contributed by atoms with van der Waals surface area (Å²) in [4.78, 5) is 11.2. The van der Waals surface area contributed by atoms with Crippen LogP contribution in [0.5, 0.6) is 11.5 Å². The molecule has 0 aliphatic rings. The Labute approximate surface area is 147 Å². The van der Waals surface area contributed by atoms with Gasteiger partial charge < -0.3 is 15.2 Å². The first-order valence-corrected chi connectivity index (χ1v) is 8.27. The molecule has 0 heterocycles. The van der Waals surface area contributed by atoms with E-state index in [0.29, 0.717) is 11.4 Å². The Morgan fingerprint density at radius 2 is 1.79 bits per heavy atom. The van der Waals surface area contributed by atoms with E-state index in [0.717, 1.165) is 29.3 Å². The summed E-state index contributed by atoms with van der Waals surface area (Å²) < 4.78 is 12.9. The molecule has 2 aromatic rings. The van der Waals surface area contributed by atoms with Crippen molar-refractivity contribution in [2.75, 3.05) is 4.31 Å². The van der Waals surface area contributed by atoms with Crippen molar-refractivity contribution in [3.63, 3.8) is 0 Å². The zero-order valence-electron chi connectivity index (χ0n) is 13.6. The lowest BCUT2D eigenvalue weighted by molar-refractivity contribution is -0.00207. The van der Waals surface area contributed by atoms with E-state index in [1.165, 1.54) is 0 Å². The van der Waals surface area contributed by atoms with E-state index in [1.807, 2.05) is 30.3 Å². The first-order chi connectivity index (χ1) is 11.6. The molecule has 0 saturated carbocycles. The summed E-state index contributed by atoms with van der Waals surface area (Å²) >= 11 is 4.06. The molecule has 0 aliphatic heterocycles. The fourth-order valence-electron chi connectivity index (χ4n) is 2.13. The molecular formula is C18H22N2O3S. The number of para-hydroxylation sites is 1.